The van der Waals surface area contributed by atoms with Crippen molar-refractivity contribution in [3.05, 3.63) is 24.2 Å². The van der Waals surface area contributed by atoms with Gasteiger partial charge in [0.15, 0.2) is 0 Å². The first-order valence-electron chi connectivity index (χ1n) is 6.49. The second kappa shape index (κ2) is 5.14. The molecule has 1 aromatic rings. The van der Waals surface area contributed by atoms with Gasteiger partial charge in [0.1, 0.15) is 0 Å². The summed E-state index contributed by atoms with van der Waals surface area (Å²) in [5.74, 6) is 0.198. The van der Waals surface area contributed by atoms with E-state index in [0.717, 1.165) is 24.9 Å². The van der Waals surface area contributed by atoms with Crippen LogP contribution in [0, 0.1) is 5.41 Å². The molecule has 0 aliphatic carbocycles. The van der Waals surface area contributed by atoms with Crippen molar-refractivity contribution in [2.45, 2.75) is 39.3 Å². The fraction of sp³-hybridized carbons (Fsp3) is 0.643. The zero-order chi connectivity index (χ0) is 13.2. The summed E-state index contributed by atoms with van der Waals surface area (Å²) >= 11 is 0. The molecule has 0 spiro atoms. The molecule has 2 rings (SSSR count). The van der Waals surface area contributed by atoms with Gasteiger partial charge >= 0.3 is 0 Å². The molecule has 1 unspecified atom stereocenters. The van der Waals surface area contributed by atoms with Crippen LogP contribution >= 0.6 is 0 Å². The molecule has 0 aromatic carbocycles. The fourth-order valence-corrected chi connectivity index (χ4v) is 2.56. The zero-order valence-corrected chi connectivity index (χ0v) is 11.4. The Bertz CT molecular complexity index is 398. The minimum absolute atomic E-state index is 0.0568. The van der Waals surface area contributed by atoms with Crippen molar-refractivity contribution in [1.29, 1.82) is 0 Å². The first kappa shape index (κ1) is 13.1. The molecule has 1 aliphatic heterocycles. The van der Waals surface area contributed by atoms with E-state index in [1.54, 1.807) is 12.5 Å². The predicted molar refractivity (Wildman–Crippen MR) is 70.0 cm³/mol. The number of likely N-dealkylation sites (tertiary alicyclic amines) is 1. The lowest BCUT2D eigenvalue weighted by atomic mass is 9.87. The van der Waals surface area contributed by atoms with Crippen LogP contribution < -0.4 is 5.32 Å². The Morgan fingerprint density at radius 1 is 1.56 bits per heavy atom. The Morgan fingerprint density at radius 2 is 2.33 bits per heavy atom. The third-order valence-electron chi connectivity index (χ3n) is 3.64. The van der Waals surface area contributed by atoms with Gasteiger partial charge in [-0.3, -0.25) is 4.79 Å². The Labute approximate surface area is 108 Å². The van der Waals surface area contributed by atoms with Crippen molar-refractivity contribution in [3.63, 3.8) is 0 Å². The first-order chi connectivity index (χ1) is 8.52. The summed E-state index contributed by atoms with van der Waals surface area (Å²) in [5.41, 5.74) is 1.22. The molecule has 18 heavy (non-hydrogen) atoms. The van der Waals surface area contributed by atoms with E-state index in [2.05, 4.69) is 19.2 Å². The molecular weight excluding hydrogens is 228 g/mol. The molecule has 0 saturated carbocycles. The standard InChI is InChI=1S/C14H22N2O2/c1-14(2)6-4-12(15-3)13(17)16(10-14)8-11-5-7-18-9-11/h5,7,9,12,15H,4,6,8,10H2,1-3H3. The van der Waals surface area contributed by atoms with Gasteiger partial charge in [0.25, 0.3) is 0 Å². The summed E-state index contributed by atoms with van der Waals surface area (Å²) in [6.45, 7) is 5.88. The molecule has 1 atom stereocenters. The second-order valence-corrected chi connectivity index (χ2v) is 5.87. The van der Waals surface area contributed by atoms with Gasteiger partial charge < -0.3 is 14.6 Å². The number of carbonyl (C=O) groups excluding carboxylic acids is 1. The fourth-order valence-electron chi connectivity index (χ4n) is 2.56. The van der Waals surface area contributed by atoms with E-state index in [1.165, 1.54) is 0 Å². The molecule has 100 valence electrons. The lowest BCUT2D eigenvalue weighted by Gasteiger charge is -2.29. The van der Waals surface area contributed by atoms with Crippen LogP contribution in [0.4, 0.5) is 0 Å². The summed E-state index contributed by atoms with van der Waals surface area (Å²) in [6, 6.07) is 1.86. The molecule has 1 amide bonds. The van der Waals surface area contributed by atoms with E-state index >= 15 is 0 Å². The molecule has 4 nitrogen and oxygen atoms in total. The number of carbonyl (C=O) groups is 1. The van der Waals surface area contributed by atoms with E-state index < -0.39 is 0 Å². The van der Waals surface area contributed by atoms with Crippen LogP contribution in [-0.4, -0.2) is 30.4 Å². The lowest BCUT2D eigenvalue weighted by molar-refractivity contribution is -0.134. The molecule has 1 saturated heterocycles. The SMILES string of the molecule is CNC1CCC(C)(C)CN(Cc2ccoc2)C1=O. The second-order valence-electron chi connectivity index (χ2n) is 5.87. The molecule has 4 heteroatoms. The number of nitrogens with one attached hydrogen (secondary N) is 1. The van der Waals surface area contributed by atoms with Gasteiger partial charge in [-0.15, -0.1) is 0 Å². The highest BCUT2D eigenvalue weighted by atomic mass is 16.3. The van der Waals surface area contributed by atoms with E-state index in [-0.39, 0.29) is 17.4 Å². The Hall–Kier alpha value is -1.29. The van der Waals surface area contributed by atoms with Gasteiger partial charge in [0, 0.05) is 18.7 Å². The Morgan fingerprint density at radius 3 is 2.94 bits per heavy atom. The van der Waals surface area contributed by atoms with Crippen LogP contribution in [0.1, 0.15) is 32.3 Å². The van der Waals surface area contributed by atoms with E-state index in [9.17, 15) is 4.79 Å². The molecule has 0 radical (unpaired) electrons. The molecule has 1 aromatic heterocycles. The van der Waals surface area contributed by atoms with Gasteiger partial charge in [-0.2, -0.15) is 0 Å². The number of hydrogen-bond donors (Lipinski definition) is 1. The molecule has 2 heterocycles. The number of likely N-dealkylation sites (N-methyl/N-ethyl adjacent to an activating group) is 1. The summed E-state index contributed by atoms with van der Waals surface area (Å²) < 4.78 is 5.07. The number of furan rings is 1. The number of nitrogens with zero attached hydrogens (tertiary/aromatic N) is 1. The van der Waals surface area contributed by atoms with Crippen LogP contribution in [0.2, 0.25) is 0 Å². The van der Waals surface area contributed by atoms with Crippen LogP contribution in [0.15, 0.2) is 23.0 Å². The smallest absolute Gasteiger partial charge is 0.240 e. The third-order valence-corrected chi connectivity index (χ3v) is 3.64. The van der Waals surface area contributed by atoms with Crippen LogP contribution in [-0.2, 0) is 11.3 Å². The number of rotatable bonds is 3. The highest BCUT2D eigenvalue weighted by molar-refractivity contribution is 5.82. The van der Waals surface area contributed by atoms with Crippen LogP contribution in [0.25, 0.3) is 0 Å². The summed E-state index contributed by atoms with van der Waals surface area (Å²) in [5, 5.41) is 3.13. The quantitative estimate of drug-likeness (QED) is 0.892. The molecular formula is C14H22N2O2. The summed E-state index contributed by atoms with van der Waals surface area (Å²) in [6.07, 6.45) is 5.33. The van der Waals surface area contributed by atoms with E-state index in [0.29, 0.717) is 6.54 Å². The van der Waals surface area contributed by atoms with Gasteiger partial charge in [0.05, 0.1) is 18.6 Å². The monoisotopic (exact) mass is 250 g/mol. The van der Waals surface area contributed by atoms with Crippen molar-refractivity contribution in [1.82, 2.24) is 10.2 Å². The van der Waals surface area contributed by atoms with E-state index in [4.69, 9.17) is 4.42 Å². The highest BCUT2D eigenvalue weighted by Crippen LogP contribution is 2.29. The molecule has 0 bridgehead atoms. The van der Waals surface area contributed by atoms with Gasteiger partial charge in [-0.1, -0.05) is 13.8 Å². The zero-order valence-electron chi connectivity index (χ0n) is 11.4. The van der Waals surface area contributed by atoms with Crippen molar-refractivity contribution in [2.75, 3.05) is 13.6 Å². The number of amides is 1. The van der Waals surface area contributed by atoms with Gasteiger partial charge in [-0.25, -0.2) is 0 Å². The average Bonchev–Trinajstić information content (AvgIpc) is 2.77. The minimum atomic E-state index is -0.0568. The third kappa shape index (κ3) is 2.93. The van der Waals surface area contributed by atoms with Crippen molar-refractivity contribution in [2.24, 2.45) is 5.41 Å². The largest absolute Gasteiger partial charge is 0.472 e. The molecule has 1 fully saturated rings. The number of hydrogen-bond acceptors (Lipinski definition) is 3. The minimum Gasteiger partial charge on any atom is -0.472 e. The summed E-state index contributed by atoms with van der Waals surface area (Å²) in [7, 11) is 1.86. The highest BCUT2D eigenvalue weighted by Gasteiger charge is 2.33. The maximum absolute atomic E-state index is 12.4. The molecule has 1 aliphatic rings. The van der Waals surface area contributed by atoms with Crippen LogP contribution in [0.3, 0.4) is 0 Å². The van der Waals surface area contributed by atoms with Crippen molar-refractivity contribution in [3.8, 4) is 0 Å². The first-order valence-corrected chi connectivity index (χ1v) is 6.49. The molecule has 1 N–H and O–H groups in total. The van der Waals surface area contributed by atoms with Crippen molar-refractivity contribution >= 4 is 5.91 Å². The van der Waals surface area contributed by atoms with Gasteiger partial charge in [0.2, 0.25) is 5.91 Å². The lowest BCUT2D eigenvalue weighted by Crippen LogP contribution is -2.44. The van der Waals surface area contributed by atoms with E-state index in [1.807, 2.05) is 18.0 Å². The maximum atomic E-state index is 12.4. The summed E-state index contributed by atoms with van der Waals surface area (Å²) in [4.78, 5) is 14.4. The Kier molecular flexibility index (Phi) is 3.76. The van der Waals surface area contributed by atoms with Crippen molar-refractivity contribution < 1.29 is 9.21 Å². The normalized spacial score (nSPS) is 24.1. The predicted octanol–water partition coefficient (Wildman–Crippen LogP) is 2.02. The van der Waals surface area contributed by atoms with Crippen LogP contribution in [0.5, 0.6) is 0 Å². The topological polar surface area (TPSA) is 45.5 Å². The maximum Gasteiger partial charge on any atom is 0.240 e. The average molecular weight is 250 g/mol. The Balaban J connectivity index is 2.15. The van der Waals surface area contributed by atoms with Gasteiger partial charge in [-0.05, 0) is 31.4 Å².